The molecule has 1 unspecified atom stereocenters. The minimum absolute atomic E-state index is 0.177. The molecule has 100 valence electrons. The van der Waals surface area contributed by atoms with E-state index in [-0.39, 0.29) is 6.42 Å². The van der Waals surface area contributed by atoms with Crippen molar-refractivity contribution in [2.24, 2.45) is 11.7 Å². The van der Waals surface area contributed by atoms with Crippen LogP contribution in [-0.2, 0) is 22.4 Å². The summed E-state index contributed by atoms with van der Waals surface area (Å²) >= 11 is 0. The van der Waals surface area contributed by atoms with Gasteiger partial charge in [0, 0.05) is 24.7 Å². The second-order valence-electron chi connectivity index (χ2n) is 4.28. The highest BCUT2D eigenvalue weighted by molar-refractivity contribution is 5.73. The molecule has 0 radical (unpaired) electrons. The van der Waals surface area contributed by atoms with Crippen molar-refractivity contribution in [3.8, 4) is 0 Å². The number of aliphatic carboxylic acids is 2. The standard InChI is InChI=1S/C11H17N3O4/c1-6(10(15)16)2-3-9-13-5-7(14-9)4-8(12)11(17)18/h5-6,8H,2-4,12H2,1H3,(H,13,14)(H,15,16)(H,17,18)/t6?,8-/m0/s1. The van der Waals surface area contributed by atoms with E-state index in [9.17, 15) is 9.59 Å². The Labute approximate surface area is 104 Å². The smallest absolute Gasteiger partial charge is 0.320 e. The lowest BCUT2D eigenvalue weighted by Gasteiger charge is -2.04. The molecule has 0 fully saturated rings. The predicted molar refractivity (Wildman–Crippen MR) is 63.0 cm³/mol. The van der Waals surface area contributed by atoms with Gasteiger partial charge in [0.2, 0.25) is 0 Å². The van der Waals surface area contributed by atoms with Crippen molar-refractivity contribution >= 4 is 11.9 Å². The lowest BCUT2D eigenvalue weighted by atomic mass is 10.1. The second-order valence-corrected chi connectivity index (χ2v) is 4.28. The first-order chi connectivity index (χ1) is 8.40. The lowest BCUT2D eigenvalue weighted by molar-refractivity contribution is -0.141. The number of aromatic amines is 1. The minimum atomic E-state index is -1.06. The first-order valence-corrected chi connectivity index (χ1v) is 5.64. The van der Waals surface area contributed by atoms with Crippen LogP contribution in [0.15, 0.2) is 6.20 Å². The number of nitrogens with one attached hydrogen (secondary N) is 1. The topological polar surface area (TPSA) is 129 Å². The van der Waals surface area contributed by atoms with Gasteiger partial charge in [0.1, 0.15) is 11.9 Å². The molecule has 0 aliphatic carbocycles. The summed E-state index contributed by atoms with van der Waals surface area (Å²) in [4.78, 5) is 28.2. The van der Waals surface area contributed by atoms with Crippen molar-refractivity contribution < 1.29 is 19.8 Å². The van der Waals surface area contributed by atoms with Crippen molar-refractivity contribution in [1.29, 1.82) is 0 Å². The van der Waals surface area contributed by atoms with Gasteiger partial charge < -0.3 is 20.9 Å². The fourth-order valence-electron chi connectivity index (χ4n) is 1.44. The first kappa shape index (κ1) is 14.2. The number of rotatable bonds is 7. The van der Waals surface area contributed by atoms with E-state index >= 15 is 0 Å². The molecule has 0 spiro atoms. The Kier molecular flexibility index (Phi) is 4.85. The monoisotopic (exact) mass is 255 g/mol. The van der Waals surface area contributed by atoms with Crippen LogP contribution in [0.5, 0.6) is 0 Å². The van der Waals surface area contributed by atoms with Gasteiger partial charge in [-0.15, -0.1) is 0 Å². The fraction of sp³-hybridized carbons (Fsp3) is 0.545. The summed E-state index contributed by atoms with van der Waals surface area (Å²) in [5.74, 6) is -1.68. The van der Waals surface area contributed by atoms with Crippen molar-refractivity contribution in [2.75, 3.05) is 0 Å². The van der Waals surface area contributed by atoms with Crippen molar-refractivity contribution in [2.45, 2.75) is 32.2 Å². The zero-order valence-electron chi connectivity index (χ0n) is 10.1. The second kappa shape index (κ2) is 6.15. The summed E-state index contributed by atoms with van der Waals surface area (Å²) in [6, 6.07) is -0.962. The third-order valence-corrected chi connectivity index (χ3v) is 2.67. The molecule has 0 amide bonds. The number of aryl methyl sites for hydroxylation is 1. The molecule has 0 bridgehead atoms. The summed E-state index contributed by atoms with van der Waals surface area (Å²) in [5, 5.41) is 17.4. The molecule has 7 heteroatoms. The van der Waals surface area contributed by atoms with Crippen LogP contribution in [0.2, 0.25) is 0 Å². The highest BCUT2D eigenvalue weighted by Gasteiger charge is 2.15. The molecule has 0 aromatic carbocycles. The van der Waals surface area contributed by atoms with Crippen LogP contribution >= 0.6 is 0 Å². The Bertz CT molecular complexity index is 430. The summed E-state index contributed by atoms with van der Waals surface area (Å²) in [6.07, 6.45) is 2.70. The molecule has 1 rings (SSSR count). The highest BCUT2D eigenvalue weighted by Crippen LogP contribution is 2.08. The maximum atomic E-state index is 10.6. The van der Waals surface area contributed by atoms with Gasteiger partial charge in [0.05, 0.1) is 5.92 Å². The number of carboxylic acids is 2. The number of aromatic nitrogens is 2. The Hall–Kier alpha value is -1.89. The Morgan fingerprint density at radius 1 is 1.44 bits per heavy atom. The van der Waals surface area contributed by atoms with E-state index in [1.165, 1.54) is 6.20 Å². The van der Waals surface area contributed by atoms with E-state index in [0.29, 0.717) is 24.4 Å². The van der Waals surface area contributed by atoms with Gasteiger partial charge in [-0.3, -0.25) is 9.59 Å². The average Bonchev–Trinajstić information content (AvgIpc) is 2.73. The fourth-order valence-corrected chi connectivity index (χ4v) is 1.44. The SMILES string of the molecule is CC(CCc1ncc(C[C@H](N)C(=O)O)[nH]1)C(=O)O. The summed E-state index contributed by atoms with van der Waals surface area (Å²) in [6.45, 7) is 1.63. The number of nitrogens with zero attached hydrogens (tertiary/aromatic N) is 1. The van der Waals surface area contributed by atoms with Gasteiger partial charge in [-0.05, 0) is 6.42 Å². The van der Waals surface area contributed by atoms with E-state index in [4.69, 9.17) is 15.9 Å². The van der Waals surface area contributed by atoms with Crippen molar-refractivity contribution in [3.63, 3.8) is 0 Å². The van der Waals surface area contributed by atoms with Gasteiger partial charge in [0.25, 0.3) is 0 Å². The van der Waals surface area contributed by atoms with Crippen LogP contribution < -0.4 is 5.73 Å². The normalized spacial score (nSPS) is 14.1. The summed E-state index contributed by atoms with van der Waals surface area (Å²) in [5.41, 5.74) is 6.04. The molecule has 1 aromatic rings. The van der Waals surface area contributed by atoms with Gasteiger partial charge in [-0.1, -0.05) is 6.92 Å². The number of H-pyrrole nitrogens is 1. The van der Waals surface area contributed by atoms with E-state index in [1.807, 2.05) is 0 Å². The van der Waals surface area contributed by atoms with Crippen molar-refractivity contribution in [1.82, 2.24) is 9.97 Å². The van der Waals surface area contributed by atoms with Gasteiger partial charge >= 0.3 is 11.9 Å². The Morgan fingerprint density at radius 3 is 2.67 bits per heavy atom. The molecule has 0 saturated heterocycles. The largest absolute Gasteiger partial charge is 0.481 e. The quantitative estimate of drug-likeness (QED) is 0.543. The molecule has 0 saturated carbocycles. The van der Waals surface area contributed by atoms with Gasteiger partial charge in [0.15, 0.2) is 0 Å². The maximum Gasteiger partial charge on any atom is 0.320 e. The van der Waals surface area contributed by atoms with Crippen LogP contribution in [0.1, 0.15) is 24.9 Å². The van der Waals surface area contributed by atoms with Crippen LogP contribution in [0.3, 0.4) is 0 Å². The number of imidazole rings is 1. The third-order valence-electron chi connectivity index (χ3n) is 2.67. The summed E-state index contributed by atoms with van der Waals surface area (Å²) in [7, 11) is 0. The Morgan fingerprint density at radius 2 is 2.11 bits per heavy atom. The lowest BCUT2D eigenvalue weighted by Crippen LogP contribution is -2.32. The van der Waals surface area contributed by atoms with E-state index in [0.717, 1.165) is 0 Å². The molecule has 18 heavy (non-hydrogen) atoms. The van der Waals surface area contributed by atoms with E-state index < -0.39 is 23.9 Å². The zero-order valence-corrected chi connectivity index (χ0v) is 10.1. The molecule has 2 atom stereocenters. The zero-order chi connectivity index (χ0) is 13.7. The average molecular weight is 255 g/mol. The number of hydrogen-bond donors (Lipinski definition) is 4. The molecule has 5 N–H and O–H groups in total. The van der Waals surface area contributed by atoms with Crippen LogP contribution in [0.25, 0.3) is 0 Å². The highest BCUT2D eigenvalue weighted by atomic mass is 16.4. The number of nitrogens with two attached hydrogens (primary N) is 1. The molecule has 0 aliphatic rings. The molecule has 0 aliphatic heterocycles. The predicted octanol–water partition coefficient (Wildman–Crippen LogP) is 0.0174. The van der Waals surface area contributed by atoms with E-state index in [1.54, 1.807) is 6.92 Å². The minimum Gasteiger partial charge on any atom is -0.481 e. The molecule has 7 nitrogen and oxygen atoms in total. The first-order valence-electron chi connectivity index (χ1n) is 5.64. The molecule has 1 heterocycles. The van der Waals surface area contributed by atoms with Crippen LogP contribution in [-0.4, -0.2) is 38.2 Å². The van der Waals surface area contributed by atoms with Gasteiger partial charge in [-0.25, -0.2) is 4.98 Å². The summed E-state index contributed by atoms with van der Waals surface area (Å²) < 4.78 is 0. The van der Waals surface area contributed by atoms with Crippen LogP contribution in [0, 0.1) is 5.92 Å². The molecular weight excluding hydrogens is 238 g/mol. The van der Waals surface area contributed by atoms with Crippen LogP contribution in [0.4, 0.5) is 0 Å². The van der Waals surface area contributed by atoms with E-state index in [2.05, 4.69) is 9.97 Å². The van der Waals surface area contributed by atoms with Crippen molar-refractivity contribution in [3.05, 3.63) is 17.7 Å². The van der Waals surface area contributed by atoms with Gasteiger partial charge in [-0.2, -0.15) is 0 Å². The Balaban J connectivity index is 2.48. The molecule has 1 aromatic heterocycles. The number of carboxylic acid groups (broad SMARTS) is 2. The molecular formula is C11H17N3O4. The third kappa shape index (κ3) is 4.17. The number of carbonyl (C=O) groups is 2. The number of hydrogen-bond acceptors (Lipinski definition) is 4. The maximum absolute atomic E-state index is 10.6.